The summed E-state index contributed by atoms with van der Waals surface area (Å²) in [6, 6.07) is 7.95. The predicted octanol–water partition coefficient (Wildman–Crippen LogP) is 2.03. The second-order valence-corrected chi connectivity index (χ2v) is 4.59. The fourth-order valence-corrected chi connectivity index (χ4v) is 2.33. The highest BCUT2D eigenvalue weighted by Gasteiger charge is 2.29. The number of hydrogen-bond acceptors (Lipinski definition) is 3. The molecule has 1 aliphatic heterocycles. The average Bonchev–Trinajstić information content (AvgIpc) is 2.87. The molecule has 1 fully saturated rings. The highest BCUT2D eigenvalue weighted by molar-refractivity contribution is 5.73. The van der Waals surface area contributed by atoms with Crippen molar-refractivity contribution in [2.75, 3.05) is 18.0 Å². The molecule has 4 heteroatoms. The van der Waals surface area contributed by atoms with Gasteiger partial charge in [-0.2, -0.15) is 5.26 Å². The van der Waals surface area contributed by atoms with Gasteiger partial charge in [0.05, 0.1) is 17.2 Å². The van der Waals surface area contributed by atoms with Crippen LogP contribution in [0.5, 0.6) is 0 Å². The third-order valence-electron chi connectivity index (χ3n) is 3.47. The first kappa shape index (κ1) is 12.4. The van der Waals surface area contributed by atoms with E-state index < -0.39 is 5.97 Å². The van der Waals surface area contributed by atoms with Crippen LogP contribution in [0.1, 0.15) is 24.5 Å². The molecule has 1 aromatic carbocycles. The molecule has 0 saturated carbocycles. The summed E-state index contributed by atoms with van der Waals surface area (Å²) >= 11 is 0. The van der Waals surface area contributed by atoms with Gasteiger partial charge in [0.1, 0.15) is 6.07 Å². The zero-order chi connectivity index (χ0) is 13.1. The van der Waals surface area contributed by atoms with Crippen LogP contribution in [0.25, 0.3) is 0 Å². The number of nitriles is 1. The number of carboxylic acid groups (broad SMARTS) is 1. The number of aryl methyl sites for hydroxylation is 1. The van der Waals surface area contributed by atoms with E-state index in [-0.39, 0.29) is 5.92 Å². The minimum absolute atomic E-state index is 0.318. The Labute approximate surface area is 106 Å². The fraction of sp³-hybridized carbons (Fsp3) is 0.429. The maximum absolute atomic E-state index is 11.0. The van der Waals surface area contributed by atoms with E-state index in [4.69, 9.17) is 10.4 Å². The Morgan fingerprint density at radius 1 is 1.61 bits per heavy atom. The number of rotatable bonds is 3. The van der Waals surface area contributed by atoms with Crippen LogP contribution in [-0.2, 0) is 11.2 Å². The smallest absolute Gasteiger partial charge is 0.308 e. The number of nitrogens with zero attached hydrogens (tertiary/aromatic N) is 2. The number of anilines is 1. The lowest BCUT2D eigenvalue weighted by Crippen LogP contribution is -2.23. The molecule has 0 amide bonds. The number of hydrogen-bond donors (Lipinski definition) is 1. The Morgan fingerprint density at radius 2 is 2.39 bits per heavy atom. The Hall–Kier alpha value is -2.02. The van der Waals surface area contributed by atoms with Crippen molar-refractivity contribution in [2.24, 2.45) is 5.92 Å². The molecule has 0 radical (unpaired) electrons. The van der Waals surface area contributed by atoms with Gasteiger partial charge in [0.25, 0.3) is 0 Å². The summed E-state index contributed by atoms with van der Waals surface area (Å²) in [5.41, 5.74) is 2.67. The normalized spacial score (nSPS) is 18.7. The SMILES string of the molecule is CCc1ccc(C#N)c(N2CCC(C(=O)O)C2)c1. The topological polar surface area (TPSA) is 64.3 Å². The second-order valence-electron chi connectivity index (χ2n) is 4.59. The monoisotopic (exact) mass is 244 g/mol. The van der Waals surface area contributed by atoms with Gasteiger partial charge in [-0.25, -0.2) is 0 Å². The van der Waals surface area contributed by atoms with Gasteiger partial charge < -0.3 is 10.0 Å². The summed E-state index contributed by atoms with van der Waals surface area (Å²) in [7, 11) is 0. The van der Waals surface area contributed by atoms with Crippen molar-refractivity contribution < 1.29 is 9.90 Å². The van der Waals surface area contributed by atoms with E-state index in [0.717, 1.165) is 12.1 Å². The second kappa shape index (κ2) is 5.09. The van der Waals surface area contributed by atoms with Crippen LogP contribution in [-0.4, -0.2) is 24.2 Å². The third kappa shape index (κ3) is 2.30. The first-order valence-corrected chi connectivity index (χ1v) is 6.16. The lowest BCUT2D eigenvalue weighted by Gasteiger charge is -2.20. The van der Waals surface area contributed by atoms with Crippen molar-refractivity contribution >= 4 is 11.7 Å². The summed E-state index contributed by atoms with van der Waals surface area (Å²) < 4.78 is 0. The molecular weight excluding hydrogens is 228 g/mol. The number of aliphatic carboxylic acids is 1. The highest BCUT2D eigenvalue weighted by Crippen LogP contribution is 2.28. The van der Waals surface area contributed by atoms with Crippen LogP contribution in [0.2, 0.25) is 0 Å². The lowest BCUT2D eigenvalue weighted by atomic mass is 10.1. The van der Waals surface area contributed by atoms with E-state index in [9.17, 15) is 4.79 Å². The molecule has 0 spiro atoms. The Kier molecular flexibility index (Phi) is 3.52. The molecule has 1 atom stereocenters. The van der Waals surface area contributed by atoms with E-state index in [1.807, 2.05) is 23.1 Å². The molecule has 18 heavy (non-hydrogen) atoms. The molecule has 1 N–H and O–H groups in total. The minimum Gasteiger partial charge on any atom is -0.481 e. The average molecular weight is 244 g/mol. The van der Waals surface area contributed by atoms with Crippen molar-refractivity contribution in [1.29, 1.82) is 5.26 Å². The molecule has 1 unspecified atom stereocenters. The van der Waals surface area contributed by atoms with E-state index in [2.05, 4.69) is 13.0 Å². The van der Waals surface area contributed by atoms with Gasteiger partial charge in [-0.05, 0) is 30.5 Å². The molecule has 1 aromatic rings. The van der Waals surface area contributed by atoms with Crippen molar-refractivity contribution in [1.82, 2.24) is 0 Å². The van der Waals surface area contributed by atoms with Crippen molar-refractivity contribution in [3.8, 4) is 6.07 Å². The van der Waals surface area contributed by atoms with Crippen LogP contribution >= 0.6 is 0 Å². The van der Waals surface area contributed by atoms with Gasteiger partial charge in [0, 0.05) is 13.1 Å². The van der Waals surface area contributed by atoms with E-state index in [1.54, 1.807) is 0 Å². The van der Waals surface area contributed by atoms with E-state index in [1.165, 1.54) is 5.56 Å². The van der Waals surface area contributed by atoms with Crippen LogP contribution in [0.4, 0.5) is 5.69 Å². The minimum atomic E-state index is -0.748. The standard InChI is InChI=1S/C14H16N2O2/c1-2-10-3-4-11(8-15)13(7-10)16-6-5-12(9-16)14(17)18/h3-4,7,12H,2,5-6,9H2,1H3,(H,17,18). The lowest BCUT2D eigenvalue weighted by molar-refractivity contribution is -0.140. The van der Waals surface area contributed by atoms with Crippen molar-refractivity contribution in [2.45, 2.75) is 19.8 Å². The van der Waals surface area contributed by atoms with Crippen LogP contribution in [0, 0.1) is 17.2 Å². The van der Waals surface area contributed by atoms with Crippen LogP contribution in [0.3, 0.4) is 0 Å². The summed E-state index contributed by atoms with van der Waals surface area (Å²) in [6.45, 7) is 3.27. The summed E-state index contributed by atoms with van der Waals surface area (Å²) in [5.74, 6) is -1.07. The first-order valence-electron chi connectivity index (χ1n) is 6.16. The fourth-order valence-electron chi connectivity index (χ4n) is 2.33. The maximum atomic E-state index is 11.0. The van der Waals surface area contributed by atoms with Crippen molar-refractivity contribution in [3.63, 3.8) is 0 Å². The van der Waals surface area contributed by atoms with E-state index >= 15 is 0 Å². The largest absolute Gasteiger partial charge is 0.481 e. The molecule has 0 bridgehead atoms. The molecule has 0 aromatic heterocycles. The third-order valence-corrected chi connectivity index (χ3v) is 3.47. The zero-order valence-corrected chi connectivity index (χ0v) is 10.4. The van der Waals surface area contributed by atoms with Crippen LogP contribution in [0.15, 0.2) is 18.2 Å². The summed E-state index contributed by atoms with van der Waals surface area (Å²) in [5, 5.41) is 18.1. The molecule has 4 nitrogen and oxygen atoms in total. The van der Waals surface area contributed by atoms with Gasteiger partial charge in [-0.15, -0.1) is 0 Å². The quantitative estimate of drug-likeness (QED) is 0.883. The van der Waals surface area contributed by atoms with Gasteiger partial charge >= 0.3 is 5.97 Å². The number of carbonyl (C=O) groups is 1. The zero-order valence-electron chi connectivity index (χ0n) is 10.4. The van der Waals surface area contributed by atoms with Crippen molar-refractivity contribution in [3.05, 3.63) is 29.3 Å². The first-order chi connectivity index (χ1) is 8.65. The molecule has 1 aliphatic rings. The van der Waals surface area contributed by atoms with Gasteiger partial charge in [-0.1, -0.05) is 13.0 Å². The predicted molar refractivity (Wildman–Crippen MR) is 68.5 cm³/mol. The van der Waals surface area contributed by atoms with Crippen LogP contribution < -0.4 is 4.90 Å². The number of carboxylic acids is 1. The van der Waals surface area contributed by atoms with Gasteiger partial charge in [-0.3, -0.25) is 4.79 Å². The molecule has 2 rings (SSSR count). The van der Waals surface area contributed by atoms with Gasteiger partial charge in [0.15, 0.2) is 0 Å². The molecule has 1 heterocycles. The Morgan fingerprint density at radius 3 is 2.94 bits per heavy atom. The molecular formula is C14H16N2O2. The Bertz CT molecular complexity index is 505. The maximum Gasteiger partial charge on any atom is 0.308 e. The van der Waals surface area contributed by atoms with Gasteiger partial charge in [0.2, 0.25) is 0 Å². The molecule has 94 valence electrons. The summed E-state index contributed by atoms with van der Waals surface area (Å²) in [6.07, 6.45) is 1.56. The number of benzene rings is 1. The summed E-state index contributed by atoms with van der Waals surface area (Å²) in [4.78, 5) is 13.0. The van der Waals surface area contributed by atoms with E-state index in [0.29, 0.717) is 25.1 Å². The molecule has 1 saturated heterocycles. The highest BCUT2D eigenvalue weighted by atomic mass is 16.4. The molecule has 0 aliphatic carbocycles. The Balaban J connectivity index is 2.28.